The number of amides is 1. The summed E-state index contributed by atoms with van der Waals surface area (Å²) in [6.07, 6.45) is 4.17. The van der Waals surface area contributed by atoms with Crippen molar-refractivity contribution in [3.05, 3.63) is 0 Å². The molecule has 0 fully saturated rings. The van der Waals surface area contributed by atoms with Crippen LogP contribution in [0.2, 0.25) is 0 Å². The van der Waals surface area contributed by atoms with Gasteiger partial charge in [-0.15, -0.1) is 0 Å². The molecule has 0 saturated carbocycles. The SMILES string of the molecule is CC.CC(C)C=O.CCC(=O)NCCCCC(NC)C(C)=O. The molecule has 0 aliphatic rings. The van der Waals surface area contributed by atoms with Gasteiger partial charge in [-0.2, -0.15) is 0 Å². The Balaban J connectivity index is -0.000000434. The van der Waals surface area contributed by atoms with E-state index in [1.165, 1.54) is 0 Å². The lowest BCUT2D eigenvalue weighted by molar-refractivity contribution is -0.121. The Kier molecular flexibility index (Phi) is 23.1. The van der Waals surface area contributed by atoms with E-state index in [1.54, 1.807) is 14.0 Å². The molecule has 5 heteroatoms. The van der Waals surface area contributed by atoms with Crippen LogP contribution < -0.4 is 10.6 Å². The van der Waals surface area contributed by atoms with Gasteiger partial charge in [-0.05, 0) is 33.2 Å². The first kappa shape index (κ1) is 25.7. The molecule has 0 rings (SSSR count). The van der Waals surface area contributed by atoms with Crippen LogP contribution in [0.25, 0.3) is 0 Å². The molecule has 0 aromatic rings. The van der Waals surface area contributed by atoms with Crippen molar-refractivity contribution in [1.82, 2.24) is 10.6 Å². The van der Waals surface area contributed by atoms with Gasteiger partial charge >= 0.3 is 0 Å². The second kappa shape index (κ2) is 19.8. The lowest BCUT2D eigenvalue weighted by atomic mass is 10.1. The largest absolute Gasteiger partial charge is 0.356 e. The molecule has 2 N–H and O–H groups in total. The summed E-state index contributed by atoms with van der Waals surface area (Å²) < 4.78 is 0. The Labute approximate surface area is 136 Å². The van der Waals surface area contributed by atoms with Crippen molar-refractivity contribution < 1.29 is 14.4 Å². The average molecular weight is 316 g/mol. The van der Waals surface area contributed by atoms with E-state index in [9.17, 15) is 14.4 Å². The molecular weight excluding hydrogens is 280 g/mol. The van der Waals surface area contributed by atoms with Crippen LogP contribution in [0.4, 0.5) is 0 Å². The maximum atomic E-state index is 11.1. The summed E-state index contributed by atoms with van der Waals surface area (Å²) in [7, 11) is 1.80. The standard InChI is InChI=1S/C11H22N2O2.C4H8O.C2H6/c1-4-11(15)13-8-6-5-7-10(12-3)9(2)14;1-4(2)3-5;1-2/h10,12H,4-8H2,1-3H3,(H,13,15);3-4H,1-2H3;1-2H3. The molecule has 5 nitrogen and oxygen atoms in total. The molecule has 0 saturated heterocycles. The summed E-state index contributed by atoms with van der Waals surface area (Å²) in [5, 5.41) is 5.78. The van der Waals surface area contributed by atoms with Crippen molar-refractivity contribution in [2.45, 2.75) is 73.3 Å². The Morgan fingerprint density at radius 1 is 1.14 bits per heavy atom. The Morgan fingerprint density at radius 3 is 1.95 bits per heavy atom. The van der Waals surface area contributed by atoms with Gasteiger partial charge in [0.05, 0.1) is 6.04 Å². The maximum Gasteiger partial charge on any atom is 0.219 e. The van der Waals surface area contributed by atoms with Gasteiger partial charge < -0.3 is 15.4 Å². The predicted octanol–water partition coefficient (Wildman–Crippen LogP) is 2.73. The first-order chi connectivity index (χ1) is 10.4. The molecule has 0 aliphatic carbocycles. The third-order valence-electron chi connectivity index (χ3n) is 2.67. The predicted molar refractivity (Wildman–Crippen MR) is 92.9 cm³/mol. The van der Waals surface area contributed by atoms with Crippen LogP contribution in [0.15, 0.2) is 0 Å². The summed E-state index contributed by atoms with van der Waals surface area (Å²) in [6.45, 7) is 11.9. The Morgan fingerprint density at radius 2 is 1.64 bits per heavy atom. The minimum atomic E-state index is -0.0353. The lowest BCUT2D eigenvalue weighted by Gasteiger charge is -2.12. The smallest absolute Gasteiger partial charge is 0.219 e. The number of aldehydes is 1. The lowest BCUT2D eigenvalue weighted by Crippen LogP contribution is -2.32. The molecule has 132 valence electrons. The van der Waals surface area contributed by atoms with E-state index in [0.29, 0.717) is 13.0 Å². The zero-order valence-electron chi connectivity index (χ0n) is 15.5. The summed E-state index contributed by atoms with van der Waals surface area (Å²) in [5.41, 5.74) is 0. The molecule has 0 spiro atoms. The number of nitrogens with one attached hydrogen (secondary N) is 2. The van der Waals surface area contributed by atoms with E-state index in [4.69, 9.17) is 0 Å². The van der Waals surface area contributed by atoms with Crippen molar-refractivity contribution in [1.29, 1.82) is 0 Å². The van der Waals surface area contributed by atoms with Crippen molar-refractivity contribution in [2.75, 3.05) is 13.6 Å². The van der Waals surface area contributed by atoms with E-state index < -0.39 is 0 Å². The molecule has 0 heterocycles. The van der Waals surface area contributed by atoms with Gasteiger partial charge in [0.2, 0.25) is 5.91 Å². The zero-order chi connectivity index (χ0) is 18.0. The van der Waals surface area contributed by atoms with E-state index in [-0.39, 0.29) is 23.7 Å². The molecule has 0 aliphatic heterocycles. The van der Waals surface area contributed by atoms with Crippen molar-refractivity contribution in [3.63, 3.8) is 0 Å². The Hall–Kier alpha value is -1.23. The summed E-state index contributed by atoms with van der Waals surface area (Å²) in [4.78, 5) is 31.5. The highest BCUT2D eigenvalue weighted by atomic mass is 16.1. The minimum absolute atomic E-state index is 0.0353. The third-order valence-corrected chi connectivity index (χ3v) is 2.67. The number of hydrogen-bond donors (Lipinski definition) is 2. The average Bonchev–Trinajstić information content (AvgIpc) is 2.52. The van der Waals surface area contributed by atoms with Gasteiger partial charge in [0, 0.05) is 18.9 Å². The first-order valence-corrected chi connectivity index (χ1v) is 8.28. The van der Waals surface area contributed by atoms with Gasteiger partial charge in [0.15, 0.2) is 0 Å². The maximum absolute atomic E-state index is 11.1. The molecule has 0 aromatic carbocycles. The molecular formula is C17H36N2O3. The second-order valence-corrected chi connectivity index (χ2v) is 5.03. The molecule has 1 atom stereocenters. The van der Waals surface area contributed by atoms with Gasteiger partial charge in [-0.3, -0.25) is 9.59 Å². The summed E-state index contributed by atoms with van der Waals surface area (Å²) in [6, 6.07) is -0.0353. The fourth-order valence-electron chi connectivity index (χ4n) is 1.38. The Bertz CT molecular complexity index is 279. The number of unbranched alkanes of at least 4 members (excludes halogenated alkanes) is 1. The highest BCUT2D eigenvalue weighted by molar-refractivity contribution is 5.81. The number of hydrogen-bond acceptors (Lipinski definition) is 4. The molecule has 0 radical (unpaired) electrons. The molecule has 22 heavy (non-hydrogen) atoms. The monoisotopic (exact) mass is 316 g/mol. The second-order valence-electron chi connectivity index (χ2n) is 5.03. The van der Waals surface area contributed by atoms with Crippen LogP contribution in [0.5, 0.6) is 0 Å². The van der Waals surface area contributed by atoms with Gasteiger partial charge in [0.25, 0.3) is 0 Å². The topological polar surface area (TPSA) is 75.3 Å². The minimum Gasteiger partial charge on any atom is -0.356 e. The molecule has 1 unspecified atom stereocenters. The number of Topliss-reactive ketones (excluding diaryl/α,β-unsaturated/α-hetero) is 1. The van der Waals surface area contributed by atoms with Crippen LogP contribution in [0, 0.1) is 5.92 Å². The fourth-order valence-corrected chi connectivity index (χ4v) is 1.38. The van der Waals surface area contributed by atoms with Crippen molar-refractivity contribution in [3.8, 4) is 0 Å². The summed E-state index contributed by atoms with van der Waals surface area (Å²) in [5.74, 6) is 0.469. The van der Waals surface area contributed by atoms with Crippen LogP contribution >= 0.6 is 0 Å². The van der Waals surface area contributed by atoms with Gasteiger partial charge in [-0.25, -0.2) is 0 Å². The van der Waals surface area contributed by atoms with Crippen LogP contribution in [0.1, 0.15) is 67.2 Å². The fraction of sp³-hybridized carbons (Fsp3) is 0.824. The van der Waals surface area contributed by atoms with Crippen LogP contribution in [-0.4, -0.2) is 37.6 Å². The van der Waals surface area contributed by atoms with Crippen LogP contribution in [-0.2, 0) is 14.4 Å². The van der Waals surface area contributed by atoms with E-state index in [1.807, 2.05) is 34.6 Å². The number of likely N-dealkylation sites (N-methyl/N-ethyl adjacent to an activating group) is 1. The van der Waals surface area contributed by atoms with Crippen molar-refractivity contribution >= 4 is 18.0 Å². The van der Waals surface area contributed by atoms with E-state index >= 15 is 0 Å². The highest BCUT2D eigenvalue weighted by Crippen LogP contribution is 2.01. The number of ketones is 1. The van der Waals surface area contributed by atoms with Gasteiger partial charge in [0.1, 0.15) is 12.1 Å². The number of carbonyl (C=O) groups excluding carboxylic acids is 3. The van der Waals surface area contributed by atoms with Crippen molar-refractivity contribution in [2.24, 2.45) is 5.92 Å². The van der Waals surface area contributed by atoms with Gasteiger partial charge in [-0.1, -0.05) is 34.6 Å². The third kappa shape index (κ3) is 21.1. The molecule has 1 amide bonds. The zero-order valence-corrected chi connectivity index (χ0v) is 15.5. The number of rotatable bonds is 9. The van der Waals surface area contributed by atoms with Crippen LogP contribution in [0.3, 0.4) is 0 Å². The first-order valence-electron chi connectivity index (χ1n) is 8.28. The molecule has 0 aromatic heterocycles. The highest BCUT2D eigenvalue weighted by Gasteiger charge is 2.09. The van der Waals surface area contributed by atoms with E-state index in [2.05, 4.69) is 10.6 Å². The quantitative estimate of drug-likeness (QED) is 0.506. The number of carbonyl (C=O) groups is 3. The molecule has 0 bridgehead atoms. The summed E-state index contributed by atoms with van der Waals surface area (Å²) >= 11 is 0. The normalized spacial score (nSPS) is 10.5. The van der Waals surface area contributed by atoms with E-state index in [0.717, 1.165) is 25.5 Å².